The van der Waals surface area contributed by atoms with Crippen molar-refractivity contribution < 1.29 is 18.7 Å². The third-order valence-electron chi connectivity index (χ3n) is 3.52. The maximum Gasteiger partial charge on any atom is 0.411 e. The first-order valence-electron chi connectivity index (χ1n) is 7.88. The van der Waals surface area contributed by atoms with Gasteiger partial charge < -0.3 is 15.0 Å². The Morgan fingerprint density at radius 1 is 1.12 bits per heavy atom. The Labute approximate surface area is 151 Å². The van der Waals surface area contributed by atoms with Crippen LogP contribution in [0.3, 0.4) is 0 Å². The van der Waals surface area contributed by atoms with Crippen molar-refractivity contribution in [1.82, 2.24) is 4.90 Å². The Balaban J connectivity index is 2.04. The quantitative estimate of drug-likeness (QED) is 0.760. The van der Waals surface area contributed by atoms with Crippen LogP contribution in [0.5, 0.6) is 0 Å². The summed E-state index contributed by atoms with van der Waals surface area (Å²) < 4.78 is 18.3. The SMILES string of the molecule is C=CCN(Cc1ccccc1F)C(=O)Nc1ccc(NC(=O)OC)cc1. The zero-order valence-electron chi connectivity index (χ0n) is 14.4. The van der Waals surface area contributed by atoms with Crippen LogP contribution in [0.1, 0.15) is 5.56 Å². The molecule has 0 unspecified atom stereocenters. The van der Waals surface area contributed by atoms with Crippen molar-refractivity contribution in [2.75, 3.05) is 24.3 Å². The highest BCUT2D eigenvalue weighted by molar-refractivity contribution is 5.90. The van der Waals surface area contributed by atoms with E-state index in [1.54, 1.807) is 48.5 Å². The second-order valence-corrected chi connectivity index (χ2v) is 5.38. The lowest BCUT2D eigenvalue weighted by atomic mass is 10.2. The fourth-order valence-electron chi connectivity index (χ4n) is 2.22. The van der Waals surface area contributed by atoms with Crippen molar-refractivity contribution >= 4 is 23.5 Å². The van der Waals surface area contributed by atoms with Crippen LogP contribution in [-0.2, 0) is 11.3 Å². The standard InChI is InChI=1S/C19H20FN3O3/c1-3-12-23(13-14-6-4-5-7-17(14)20)18(24)21-15-8-10-16(11-9-15)22-19(25)26-2/h3-11H,1,12-13H2,2H3,(H,21,24)(H,22,25). The minimum Gasteiger partial charge on any atom is -0.453 e. The zero-order chi connectivity index (χ0) is 18.9. The number of hydrogen-bond acceptors (Lipinski definition) is 3. The number of carbonyl (C=O) groups excluding carboxylic acids is 2. The average molecular weight is 357 g/mol. The summed E-state index contributed by atoms with van der Waals surface area (Å²) in [7, 11) is 1.27. The summed E-state index contributed by atoms with van der Waals surface area (Å²) in [6.07, 6.45) is 0.993. The topological polar surface area (TPSA) is 70.7 Å². The second-order valence-electron chi connectivity index (χ2n) is 5.38. The molecule has 0 aliphatic rings. The normalized spacial score (nSPS) is 9.92. The highest BCUT2D eigenvalue weighted by atomic mass is 19.1. The summed E-state index contributed by atoms with van der Waals surface area (Å²) in [4.78, 5) is 25.1. The van der Waals surface area contributed by atoms with E-state index in [0.29, 0.717) is 16.9 Å². The number of urea groups is 1. The summed E-state index contributed by atoms with van der Waals surface area (Å²) in [5.41, 5.74) is 1.49. The Bertz CT molecular complexity index is 778. The molecular weight excluding hydrogens is 337 g/mol. The molecular formula is C19H20FN3O3. The number of rotatable bonds is 6. The van der Waals surface area contributed by atoms with E-state index < -0.39 is 6.09 Å². The summed E-state index contributed by atoms with van der Waals surface area (Å²) in [5, 5.41) is 5.25. The molecule has 0 aliphatic carbocycles. The molecule has 26 heavy (non-hydrogen) atoms. The van der Waals surface area contributed by atoms with Crippen LogP contribution in [0.4, 0.5) is 25.4 Å². The van der Waals surface area contributed by atoms with Gasteiger partial charge in [-0.05, 0) is 30.3 Å². The number of benzene rings is 2. The van der Waals surface area contributed by atoms with Gasteiger partial charge in [0.15, 0.2) is 0 Å². The molecule has 3 amide bonds. The van der Waals surface area contributed by atoms with Gasteiger partial charge in [0, 0.05) is 23.5 Å². The van der Waals surface area contributed by atoms with Crippen LogP contribution in [-0.4, -0.2) is 30.7 Å². The lowest BCUT2D eigenvalue weighted by Crippen LogP contribution is -2.34. The first kappa shape index (κ1) is 19.0. The van der Waals surface area contributed by atoms with Crippen molar-refractivity contribution in [3.63, 3.8) is 0 Å². The summed E-state index contributed by atoms with van der Waals surface area (Å²) >= 11 is 0. The number of amides is 3. The van der Waals surface area contributed by atoms with E-state index >= 15 is 0 Å². The molecule has 0 spiro atoms. The van der Waals surface area contributed by atoms with Crippen molar-refractivity contribution in [3.8, 4) is 0 Å². The molecule has 2 N–H and O–H groups in total. The van der Waals surface area contributed by atoms with Crippen LogP contribution < -0.4 is 10.6 Å². The molecule has 0 saturated carbocycles. The van der Waals surface area contributed by atoms with E-state index in [2.05, 4.69) is 21.9 Å². The highest BCUT2D eigenvalue weighted by Crippen LogP contribution is 2.16. The number of halogens is 1. The average Bonchev–Trinajstić information content (AvgIpc) is 2.64. The van der Waals surface area contributed by atoms with E-state index in [1.807, 2.05) is 0 Å². The van der Waals surface area contributed by atoms with Crippen molar-refractivity contribution in [3.05, 3.63) is 72.6 Å². The fraction of sp³-hybridized carbons (Fsp3) is 0.158. The van der Waals surface area contributed by atoms with Gasteiger partial charge in [0.05, 0.1) is 13.7 Å². The molecule has 2 rings (SSSR count). The first-order valence-corrected chi connectivity index (χ1v) is 7.88. The maximum atomic E-state index is 13.8. The molecule has 136 valence electrons. The third-order valence-corrected chi connectivity index (χ3v) is 3.52. The largest absolute Gasteiger partial charge is 0.453 e. The number of nitrogens with zero attached hydrogens (tertiary/aromatic N) is 1. The van der Waals surface area contributed by atoms with Gasteiger partial charge in [-0.25, -0.2) is 14.0 Å². The van der Waals surface area contributed by atoms with Crippen LogP contribution in [0.15, 0.2) is 61.2 Å². The van der Waals surface area contributed by atoms with Gasteiger partial charge in [-0.2, -0.15) is 0 Å². The molecule has 0 bridgehead atoms. The van der Waals surface area contributed by atoms with E-state index in [1.165, 1.54) is 18.1 Å². The predicted molar refractivity (Wildman–Crippen MR) is 98.5 cm³/mol. The highest BCUT2D eigenvalue weighted by Gasteiger charge is 2.15. The molecule has 0 fully saturated rings. The maximum absolute atomic E-state index is 13.8. The molecule has 0 aromatic heterocycles. The molecule has 2 aromatic carbocycles. The van der Waals surface area contributed by atoms with Gasteiger partial charge in [0.25, 0.3) is 0 Å². The fourth-order valence-corrected chi connectivity index (χ4v) is 2.22. The second kappa shape index (κ2) is 9.22. The van der Waals surface area contributed by atoms with E-state index in [9.17, 15) is 14.0 Å². The Morgan fingerprint density at radius 3 is 2.31 bits per heavy atom. The Morgan fingerprint density at radius 2 is 1.73 bits per heavy atom. The van der Waals surface area contributed by atoms with Crippen molar-refractivity contribution in [2.24, 2.45) is 0 Å². The zero-order valence-corrected chi connectivity index (χ0v) is 14.4. The first-order chi connectivity index (χ1) is 12.5. The van der Waals surface area contributed by atoms with Crippen molar-refractivity contribution in [1.29, 1.82) is 0 Å². The molecule has 0 heterocycles. The van der Waals surface area contributed by atoms with E-state index in [-0.39, 0.29) is 24.9 Å². The minimum atomic E-state index is -0.580. The molecule has 0 aliphatic heterocycles. The molecule has 0 radical (unpaired) electrons. The summed E-state index contributed by atoms with van der Waals surface area (Å²) in [6, 6.07) is 12.4. The molecule has 0 saturated heterocycles. The summed E-state index contributed by atoms with van der Waals surface area (Å²) in [5.74, 6) is -0.368. The number of nitrogens with one attached hydrogen (secondary N) is 2. The van der Waals surface area contributed by atoms with Gasteiger partial charge in [0.1, 0.15) is 5.82 Å². The smallest absolute Gasteiger partial charge is 0.411 e. The number of anilines is 2. The molecule has 6 nitrogen and oxygen atoms in total. The van der Waals surface area contributed by atoms with Crippen LogP contribution in [0.25, 0.3) is 0 Å². The van der Waals surface area contributed by atoms with Crippen molar-refractivity contribution in [2.45, 2.75) is 6.54 Å². The Kier molecular flexibility index (Phi) is 6.73. The van der Waals surface area contributed by atoms with E-state index in [4.69, 9.17) is 0 Å². The summed E-state index contributed by atoms with van der Waals surface area (Å²) in [6.45, 7) is 4.02. The van der Waals surface area contributed by atoms with Gasteiger partial charge in [-0.15, -0.1) is 6.58 Å². The van der Waals surface area contributed by atoms with Gasteiger partial charge >= 0.3 is 12.1 Å². The molecule has 2 aromatic rings. The molecule has 7 heteroatoms. The predicted octanol–water partition coefficient (Wildman–Crippen LogP) is 4.22. The number of hydrogen-bond donors (Lipinski definition) is 2. The van der Waals surface area contributed by atoms with Crippen LogP contribution in [0.2, 0.25) is 0 Å². The van der Waals surface area contributed by atoms with Gasteiger partial charge in [-0.3, -0.25) is 5.32 Å². The van der Waals surface area contributed by atoms with E-state index in [0.717, 1.165) is 0 Å². The number of ether oxygens (including phenoxy) is 1. The minimum absolute atomic E-state index is 0.118. The number of carbonyl (C=O) groups is 2. The van der Waals surface area contributed by atoms with Crippen LogP contribution in [0, 0.1) is 5.82 Å². The van der Waals surface area contributed by atoms with Gasteiger partial charge in [-0.1, -0.05) is 24.3 Å². The van der Waals surface area contributed by atoms with Crippen LogP contribution >= 0.6 is 0 Å². The van der Waals surface area contributed by atoms with Gasteiger partial charge in [0.2, 0.25) is 0 Å². The lowest BCUT2D eigenvalue weighted by molar-refractivity contribution is 0.187. The lowest BCUT2D eigenvalue weighted by Gasteiger charge is -2.22. The third kappa shape index (κ3) is 5.34. The number of methoxy groups -OCH3 is 1. The monoisotopic (exact) mass is 357 g/mol. The Hall–Kier alpha value is -3.35. The molecule has 0 atom stereocenters.